The first-order chi connectivity index (χ1) is 7.40. The average molecular weight is 371 g/mol. The molecule has 1 aromatic heterocycles. The molecule has 0 radical (unpaired) electrons. The number of aliphatic carboxylic acids is 1. The first kappa shape index (κ1) is 13.7. The number of halogens is 2. The second kappa shape index (κ2) is 5.79. The van der Waals surface area contributed by atoms with Crippen molar-refractivity contribution in [3.05, 3.63) is 19.2 Å². The molecule has 0 fully saturated rings. The van der Waals surface area contributed by atoms with Crippen LogP contribution >= 0.6 is 43.2 Å². The van der Waals surface area contributed by atoms with E-state index in [4.69, 9.17) is 5.11 Å². The van der Waals surface area contributed by atoms with Crippen molar-refractivity contribution >= 4 is 55.1 Å². The van der Waals surface area contributed by atoms with Crippen molar-refractivity contribution in [3.63, 3.8) is 0 Å². The predicted molar refractivity (Wildman–Crippen MR) is 68.9 cm³/mol. The lowest BCUT2D eigenvalue weighted by Gasteiger charge is -2.09. The third-order valence-electron chi connectivity index (χ3n) is 1.73. The van der Waals surface area contributed by atoms with E-state index in [1.807, 2.05) is 0 Å². The minimum Gasteiger partial charge on any atom is -0.481 e. The lowest BCUT2D eigenvalue weighted by Crippen LogP contribution is -2.33. The molecule has 0 aromatic carbocycles. The Morgan fingerprint density at radius 3 is 2.62 bits per heavy atom. The number of thiophene rings is 1. The zero-order chi connectivity index (χ0) is 12.3. The Morgan fingerprint density at radius 2 is 2.19 bits per heavy atom. The molecule has 0 saturated carbocycles. The molecule has 7 heteroatoms. The van der Waals surface area contributed by atoms with Gasteiger partial charge in [0, 0.05) is 10.5 Å². The minimum atomic E-state index is -0.929. The normalized spacial score (nSPS) is 12.2. The summed E-state index contributed by atoms with van der Waals surface area (Å²) < 4.78 is 1.65. The zero-order valence-electron chi connectivity index (χ0n) is 8.29. The Morgan fingerprint density at radius 1 is 1.56 bits per heavy atom. The summed E-state index contributed by atoms with van der Waals surface area (Å²) in [5, 5.41) is 11.2. The Hall–Kier alpha value is -0.400. The number of carboxylic acids is 1. The molecule has 0 saturated heterocycles. The first-order valence-corrected chi connectivity index (χ1v) is 6.78. The van der Waals surface area contributed by atoms with E-state index in [2.05, 4.69) is 37.2 Å². The molecular formula is C9H9Br2NO3S. The molecule has 0 aliphatic heterocycles. The molecule has 0 aliphatic carbocycles. The fourth-order valence-electron chi connectivity index (χ4n) is 1.07. The van der Waals surface area contributed by atoms with Crippen LogP contribution in [-0.4, -0.2) is 23.0 Å². The van der Waals surface area contributed by atoms with Crippen LogP contribution in [-0.2, 0) is 4.79 Å². The van der Waals surface area contributed by atoms with Crippen LogP contribution in [0, 0.1) is 0 Å². The Bertz CT molecular complexity index is 399. The smallest absolute Gasteiger partial charge is 0.305 e. The van der Waals surface area contributed by atoms with Gasteiger partial charge in [0.25, 0.3) is 5.91 Å². The van der Waals surface area contributed by atoms with E-state index in [1.165, 1.54) is 11.3 Å². The first-order valence-electron chi connectivity index (χ1n) is 4.37. The highest BCUT2D eigenvalue weighted by Gasteiger charge is 2.15. The number of nitrogens with one attached hydrogen (secondary N) is 1. The molecule has 0 bridgehead atoms. The van der Waals surface area contributed by atoms with Crippen molar-refractivity contribution < 1.29 is 14.7 Å². The van der Waals surface area contributed by atoms with Crippen LogP contribution in [0.1, 0.15) is 23.0 Å². The molecule has 1 unspecified atom stereocenters. The molecule has 88 valence electrons. The number of amides is 1. The van der Waals surface area contributed by atoms with Gasteiger partial charge in [-0.2, -0.15) is 0 Å². The van der Waals surface area contributed by atoms with Gasteiger partial charge in [0.05, 0.1) is 15.1 Å². The summed E-state index contributed by atoms with van der Waals surface area (Å²) in [5.41, 5.74) is 0. The maximum Gasteiger partial charge on any atom is 0.305 e. The largest absolute Gasteiger partial charge is 0.481 e. The van der Waals surface area contributed by atoms with Crippen molar-refractivity contribution in [1.82, 2.24) is 5.32 Å². The molecule has 1 amide bonds. The molecule has 1 aromatic rings. The summed E-state index contributed by atoms with van der Waals surface area (Å²) in [6.45, 7) is 1.66. The summed E-state index contributed by atoms with van der Waals surface area (Å²) in [7, 11) is 0. The van der Waals surface area contributed by atoms with E-state index in [9.17, 15) is 9.59 Å². The molecule has 1 rings (SSSR count). The van der Waals surface area contributed by atoms with Gasteiger partial charge in [-0.3, -0.25) is 9.59 Å². The fourth-order valence-corrected chi connectivity index (χ4v) is 3.01. The monoisotopic (exact) mass is 369 g/mol. The van der Waals surface area contributed by atoms with E-state index >= 15 is 0 Å². The van der Waals surface area contributed by atoms with E-state index < -0.39 is 5.97 Å². The third-order valence-corrected chi connectivity index (χ3v) is 4.98. The van der Waals surface area contributed by atoms with Gasteiger partial charge in [0.1, 0.15) is 0 Å². The van der Waals surface area contributed by atoms with Gasteiger partial charge in [-0.25, -0.2) is 0 Å². The van der Waals surface area contributed by atoms with Crippen LogP contribution < -0.4 is 5.32 Å². The average Bonchev–Trinajstić information content (AvgIpc) is 2.45. The molecule has 1 heterocycles. The Balaban J connectivity index is 2.62. The quantitative estimate of drug-likeness (QED) is 0.856. The molecule has 2 N–H and O–H groups in total. The van der Waals surface area contributed by atoms with Gasteiger partial charge in [-0.15, -0.1) is 11.3 Å². The highest BCUT2D eigenvalue weighted by molar-refractivity contribution is 9.13. The molecule has 1 atom stereocenters. The highest BCUT2D eigenvalue weighted by atomic mass is 79.9. The van der Waals surface area contributed by atoms with Crippen LogP contribution in [0.2, 0.25) is 0 Å². The van der Waals surface area contributed by atoms with Gasteiger partial charge < -0.3 is 10.4 Å². The van der Waals surface area contributed by atoms with Crippen LogP contribution in [0.5, 0.6) is 0 Å². The van der Waals surface area contributed by atoms with Crippen molar-refractivity contribution in [3.8, 4) is 0 Å². The Kier molecular flexibility index (Phi) is 4.94. The number of hydrogen-bond donors (Lipinski definition) is 2. The van der Waals surface area contributed by atoms with E-state index in [0.717, 1.165) is 8.26 Å². The number of carbonyl (C=O) groups is 2. The molecule has 0 spiro atoms. The number of rotatable bonds is 4. The van der Waals surface area contributed by atoms with Gasteiger partial charge in [0.2, 0.25) is 0 Å². The van der Waals surface area contributed by atoms with Gasteiger partial charge >= 0.3 is 5.97 Å². The fraction of sp³-hybridized carbons (Fsp3) is 0.333. The maximum atomic E-state index is 11.7. The predicted octanol–water partition coefficient (Wildman–Crippen LogP) is 2.87. The zero-order valence-corrected chi connectivity index (χ0v) is 12.3. The van der Waals surface area contributed by atoms with Gasteiger partial charge in [-0.1, -0.05) is 0 Å². The standard InChI is InChI=1S/C9H9Br2NO3S/c1-4(2-7(13)14)12-9(15)6-3-5(10)8(11)16-6/h3-4H,2H2,1H3,(H,12,15)(H,13,14). The van der Waals surface area contributed by atoms with Crippen LogP contribution in [0.4, 0.5) is 0 Å². The maximum absolute atomic E-state index is 11.7. The summed E-state index contributed by atoms with van der Waals surface area (Å²) in [5.74, 6) is -1.19. The van der Waals surface area contributed by atoms with Crippen LogP contribution in [0.25, 0.3) is 0 Å². The Labute approximate surface area is 113 Å². The molecule has 4 nitrogen and oxygen atoms in total. The molecular weight excluding hydrogens is 362 g/mol. The van der Waals surface area contributed by atoms with E-state index in [1.54, 1.807) is 13.0 Å². The topological polar surface area (TPSA) is 66.4 Å². The summed E-state index contributed by atoms with van der Waals surface area (Å²) in [6.07, 6.45) is -0.0839. The van der Waals surface area contributed by atoms with E-state index in [-0.39, 0.29) is 18.4 Å². The van der Waals surface area contributed by atoms with Crippen molar-refractivity contribution in [2.75, 3.05) is 0 Å². The number of carboxylic acid groups (broad SMARTS) is 1. The van der Waals surface area contributed by atoms with Gasteiger partial charge in [-0.05, 0) is 44.8 Å². The molecule has 0 aliphatic rings. The lowest BCUT2D eigenvalue weighted by molar-refractivity contribution is -0.137. The number of carbonyl (C=O) groups excluding carboxylic acids is 1. The van der Waals surface area contributed by atoms with E-state index in [0.29, 0.717) is 4.88 Å². The second-order valence-corrected chi connectivity index (χ2v) is 6.43. The summed E-state index contributed by atoms with van der Waals surface area (Å²) >= 11 is 7.86. The highest BCUT2D eigenvalue weighted by Crippen LogP contribution is 2.32. The minimum absolute atomic E-state index is 0.0839. The van der Waals surface area contributed by atoms with Crippen molar-refractivity contribution in [2.45, 2.75) is 19.4 Å². The SMILES string of the molecule is CC(CC(=O)O)NC(=O)c1cc(Br)c(Br)s1. The summed E-state index contributed by atoms with van der Waals surface area (Å²) in [6, 6.07) is 1.31. The second-order valence-electron chi connectivity index (χ2n) is 3.20. The molecule has 16 heavy (non-hydrogen) atoms. The van der Waals surface area contributed by atoms with Crippen LogP contribution in [0.3, 0.4) is 0 Å². The third kappa shape index (κ3) is 3.88. The van der Waals surface area contributed by atoms with Crippen LogP contribution in [0.15, 0.2) is 14.3 Å². The van der Waals surface area contributed by atoms with Gasteiger partial charge in [0.15, 0.2) is 0 Å². The van der Waals surface area contributed by atoms with Crippen molar-refractivity contribution in [1.29, 1.82) is 0 Å². The lowest BCUT2D eigenvalue weighted by atomic mass is 10.2. The number of hydrogen-bond acceptors (Lipinski definition) is 3. The summed E-state index contributed by atoms with van der Waals surface area (Å²) in [4.78, 5) is 22.6. The van der Waals surface area contributed by atoms with Crippen molar-refractivity contribution in [2.24, 2.45) is 0 Å².